The molecule has 1 fully saturated rings. The van der Waals surface area contributed by atoms with Gasteiger partial charge in [0.2, 0.25) is 0 Å². The Morgan fingerprint density at radius 1 is 1.39 bits per heavy atom. The molecule has 1 unspecified atom stereocenters. The number of carbonyl (C=O) groups excluding carboxylic acids is 1. The molecule has 128 valence electrons. The Hall–Kier alpha value is -1.24. The lowest BCUT2D eigenvalue weighted by molar-refractivity contribution is -0.144. The fourth-order valence-corrected chi connectivity index (χ4v) is 3.65. The van der Waals surface area contributed by atoms with Crippen LogP contribution >= 0.6 is 11.8 Å². The first-order valence-electron chi connectivity index (χ1n) is 8.02. The van der Waals surface area contributed by atoms with Crippen LogP contribution in [0.4, 0.5) is 0 Å². The maximum absolute atomic E-state index is 11.7. The quantitative estimate of drug-likeness (QED) is 0.763. The molecule has 23 heavy (non-hydrogen) atoms. The van der Waals surface area contributed by atoms with E-state index in [1.54, 1.807) is 14.0 Å². The molecule has 0 radical (unpaired) electrons. The van der Waals surface area contributed by atoms with E-state index in [1.165, 1.54) is 11.5 Å². The number of methoxy groups -OCH3 is 1. The summed E-state index contributed by atoms with van der Waals surface area (Å²) in [5, 5.41) is 0. The molecule has 1 aromatic rings. The van der Waals surface area contributed by atoms with Gasteiger partial charge in [-0.1, -0.05) is 12.1 Å². The van der Waals surface area contributed by atoms with Gasteiger partial charge in [0, 0.05) is 36.7 Å². The number of nitrogens with zero attached hydrogens (tertiary/aromatic N) is 1. The first kappa shape index (κ1) is 18.1. The minimum Gasteiger partial charge on any atom is -0.496 e. The molecule has 2 N–H and O–H groups in total. The zero-order valence-corrected chi connectivity index (χ0v) is 14.7. The van der Waals surface area contributed by atoms with Crippen molar-refractivity contribution >= 4 is 17.7 Å². The third-order valence-corrected chi connectivity index (χ3v) is 4.83. The fourth-order valence-electron chi connectivity index (χ4n) is 2.67. The predicted octanol–water partition coefficient (Wildman–Crippen LogP) is 1.68. The van der Waals surface area contributed by atoms with Gasteiger partial charge in [-0.15, -0.1) is 0 Å². The summed E-state index contributed by atoms with van der Waals surface area (Å²) >= 11 is 2.00. The van der Waals surface area contributed by atoms with Crippen molar-refractivity contribution in [1.82, 2.24) is 4.90 Å². The van der Waals surface area contributed by atoms with E-state index in [0.717, 1.165) is 36.5 Å². The molecule has 1 saturated heterocycles. The van der Waals surface area contributed by atoms with Crippen molar-refractivity contribution < 1.29 is 14.3 Å². The van der Waals surface area contributed by atoms with Crippen LogP contribution in [-0.4, -0.2) is 55.2 Å². The summed E-state index contributed by atoms with van der Waals surface area (Å²) in [6, 6.07) is 5.40. The smallest absolute Gasteiger partial charge is 0.323 e. The first-order valence-corrected chi connectivity index (χ1v) is 9.17. The highest BCUT2D eigenvalue weighted by molar-refractivity contribution is 7.99. The molecule has 0 spiro atoms. The van der Waals surface area contributed by atoms with Crippen molar-refractivity contribution in [2.75, 3.05) is 38.3 Å². The molecule has 1 aromatic carbocycles. The van der Waals surface area contributed by atoms with Crippen molar-refractivity contribution in [3.8, 4) is 5.75 Å². The van der Waals surface area contributed by atoms with E-state index in [0.29, 0.717) is 13.0 Å². The number of thioether (sulfide) groups is 1. The molecule has 1 aliphatic heterocycles. The summed E-state index contributed by atoms with van der Waals surface area (Å²) < 4.78 is 10.5. The Balaban J connectivity index is 2.06. The molecule has 0 amide bonds. The topological polar surface area (TPSA) is 64.8 Å². The van der Waals surface area contributed by atoms with Crippen LogP contribution in [0.5, 0.6) is 5.75 Å². The number of hydrogen-bond acceptors (Lipinski definition) is 6. The van der Waals surface area contributed by atoms with Gasteiger partial charge in [-0.3, -0.25) is 9.69 Å². The lowest BCUT2D eigenvalue weighted by atomic mass is 10.0. The Morgan fingerprint density at radius 3 is 2.78 bits per heavy atom. The van der Waals surface area contributed by atoms with Crippen molar-refractivity contribution in [2.24, 2.45) is 5.73 Å². The SMILES string of the molecule is CCOC(=O)C(N)Cc1ccc(OC)c(CN2CCSCC2)c1. The number of carbonyl (C=O) groups is 1. The summed E-state index contributed by atoms with van der Waals surface area (Å²) in [5.41, 5.74) is 8.10. The van der Waals surface area contributed by atoms with E-state index >= 15 is 0 Å². The number of rotatable bonds is 7. The van der Waals surface area contributed by atoms with Gasteiger partial charge < -0.3 is 15.2 Å². The molecular formula is C17H26N2O3S. The monoisotopic (exact) mass is 338 g/mol. The van der Waals surface area contributed by atoms with Gasteiger partial charge in [0.15, 0.2) is 0 Å². The highest BCUT2D eigenvalue weighted by atomic mass is 32.2. The maximum atomic E-state index is 11.7. The van der Waals surface area contributed by atoms with Gasteiger partial charge in [0.05, 0.1) is 13.7 Å². The largest absolute Gasteiger partial charge is 0.496 e. The Morgan fingerprint density at radius 2 is 2.13 bits per heavy atom. The Labute approximate surface area is 142 Å². The van der Waals surface area contributed by atoms with E-state index in [1.807, 2.05) is 23.9 Å². The third-order valence-electron chi connectivity index (χ3n) is 3.89. The normalized spacial score (nSPS) is 16.8. The van der Waals surface area contributed by atoms with E-state index in [4.69, 9.17) is 15.2 Å². The second kappa shape index (κ2) is 9.15. The summed E-state index contributed by atoms with van der Waals surface area (Å²) in [5.74, 6) is 2.89. The minimum absolute atomic E-state index is 0.349. The maximum Gasteiger partial charge on any atom is 0.323 e. The average Bonchev–Trinajstić information content (AvgIpc) is 2.56. The number of esters is 1. The van der Waals surface area contributed by atoms with E-state index in [2.05, 4.69) is 11.0 Å². The van der Waals surface area contributed by atoms with Gasteiger partial charge in [0.25, 0.3) is 0 Å². The summed E-state index contributed by atoms with van der Waals surface area (Å²) in [6.07, 6.45) is 0.478. The van der Waals surface area contributed by atoms with Crippen molar-refractivity contribution in [1.29, 1.82) is 0 Å². The number of nitrogens with two attached hydrogens (primary N) is 1. The summed E-state index contributed by atoms with van der Waals surface area (Å²) in [6.45, 7) is 5.20. The molecule has 2 rings (SSSR count). The van der Waals surface area contributed by atoms with Crippen molar-refractivity contribution in [3.63, 3.8) is 0 Å². The zero-order chi connectivity index (χ0) is 16.7. The molecule has 1 aliphatic rings. The highest BCUT2D eigenvalue weighted by Crippen LogP contribution is 2.23. The molecule has 0 aliphatic carbocycles. The molecule has 0 saturated carbocycles. The second-order valence-electron chi connectivity index (χ2n) is 5.60. The van der Waals surface area contributed by atoms with Crippen LogP contribution in [0.15, 0.2) is 18.2 Å². The highest BCUT2D eigenvalue weighted by Gasteiger charge is 2.17. The molecule has 0 bridgehead atoms. The van der Waals surface area contributed by atoms with Crippen LogP contribution in [0, 0.1) is 0 Å². The molecular weight excluding hydrogens is 312 g/mol. The standard InChI is InChI=1S/C17H26N2O3S/c1-3-22-17(20)15(18)11-13-4-5-16(21-2)14(10-13)12-19-6-8-23-9-7-19/h4-5,10,15H,3,6-9,11-12,18H2,1-2H3. The van der Waals surface area contributed by atoms with Crippen LogP contribution < -0.4 is 10.5 Å². The van der Waals surface area contributed by atoms with Crippen LogP contribution in [0.2, 0.25) is 0 Å². The third kappa shape index (κ3) is 5.41. The van der Waals surface area contributed by atoms with Gasteiger partial charge in [-0.05, 0) is 25.0 Å². The van der Waals surface area contributed by atoms with E-state index < -0.39 is 6.04 Å². The van der Waals surface area contributed by atoms with Gasteiger partial charge in [-0.2, -0.15) is 11.8 Å². The summed E-state index contributed by atoms with van der Waals surface area (Å²) in [7, 11) is 1.69. The summed E-state index contributed by atoms with van der Waals surface area (Å²) in [4.78, 5) is 14.1. The van der Waals surface area contributed by atoms with Gasteiger partial charge >= 0.3 is 5.97 Å². The fraction of sp³-hybridized carbons (Fsp3) is 0.588. The van der Waals surface area contributed by atoms with E-state index in [9.17, 15) is 4.79 Å². The molecule has 6 heteroatoms. The number of hydrogen-bond donors (Lipinski definition) is 1. The zero-order valence-electron chi connectivity index (χ0n) is 13.9. The molecule has 0 aromatic heterocycles. The Bertz CT molecular complexity index is 519. The van der Waals surface area contributed by atoms with Crippen LogP contribution in [0.3, 0.4) is 0 Å². The number of ether oxygens (including phenoxy) is 2. The first-order chi connectivity index (χ1) is 11.1. The van der Waals surface area contributed by atoms with Crippen LogP contribution in [0.25, 0.3) is 0 Å². The van der Waals surface area contributed by atoms with Crippen molar-refractivity contribution in [2.45, 2.75) is 25.9 Å². The van der Waals surface area contributed by atoms with Gasteiger partial charge in [0.1, 0.15) is 11.8 Å². The second-order valence-corrected chi connectivity index (χ2v) is 6.82. The van der Waals surface area contributed by atoms with Crippen molar-refractivity contribution in [3.05, 3.63) is 29.3 Å². The lowest BCUT2D eigenvalue weighted by Gasteiger charge is -2.27. The van der Waals surface area contributed by atoms with Crippen LogP contribution in [-0.2, 0) is 22.5 Å². The lowest BCUT2D eigenvalue weighted by Crippen LogP contribution is -2.34. The molecule has 5 nitrogen and oxygen atoms in total. The van der Waals surface area contributed by atoms with E-state index in [-0.39, 0.29) is 5.97 Å². The molecule has 1 atom stereocenters. The predicted molar refractivity (Wildman–Crippen MR) is 93.9 cm³/mol. The molecule has 1 heterocycles. The Kier molecular flexibility index (Phi) is 7.20. The average molecular weight is 338 g/mol. The van der Waals surface area contributed by atoms with Gasteiger partial charge in [-0.25, -0.2) is 0 Å². The minimum atomic E-state index is -0.623. The number of benzene rings is 1. The van der Waals surface area contributed by atoms with Crippen LogP contribution in [0.1, 0.15) is 18.1 Å².